The molecule has 1 aromatic heterocycles. The molecule has 2 heterocycles. The van der Waals surface area contributed by atoms with Gasteiger partial charge in [0.1, 0.15) is 11.4 Å². The first-order chi connectivity index (χ1) is 15.3. The van der Waals surface area contributed by atoms with Crippen LogP contribution in [0.25, 0.3) is 5.69 Å². The van der Waals surface area contributed by atoms with Gasteiger partial charge in [0, 0.05) is 45.2 Å². The highest BCUT2D eigenvalue weighted by molar-refractivity contribution is 7.80. The van der Waals surface area contributed by atoms with Crippen LogP contribution in [0.5, 0.6) is 0 Å². The zero-order chi connectivity index (χ0) is 23.3. The molecule has 2 aromatic rings. The van der Waals surface area contributed by atoms with Gasteiger partial charge in [0.15, 0.2) is 11.6 Å². The van der Waals surface area contributed by atoms with E-state index >= 15 is 0 Å². The molecule has 0 radical (unpaired) electrons. The molecule has 1 aliphatic rings. The van der Waals surface area contributed by atoms with Crippen molar-refractivity contribution in [1.29, 1.82) is 0 Å². The summed E-state index contributed by atoms with van der Waals surface area (Å²) in [7, 11) is 1.43. The molecule has 0 aliphatic carbocycles. The molecular formula is C19H23F2N7O3S. The van der Waals surface area contributed by atoms with E-state index in [2.05, 4.69) is 20.9 Å². The quantitative estimate of drug-likeness (QED) is 0.587. The van der Waals surface area contributed by atoms with Gasteiger partial charge in [-0.05, 0) is 12.2 Å². The number of nitrogens with zero attached hydrogens (tertiary/aromatic N) is 5. The molecule has 2 amide bonds. The van der Waals surface area contributed by atoms with Crippen molar-refractivity contribution in [2.24, 2.45) is 0 Å². The van der Waals surface area contributed by atoms with E-state index in [1.807, 2.05) is 0 Å². The predicted octanol–water partition coefficient (Wildman–Crippen LogP) is 0.351. The number of halogens is 2. The van der Waals surface area contributed by atoms with Crippen molar-refractivity contribution >= 4 is 34.9 Å². The van der Waals surface area contributed by atoms with Gasteiger partial charge in [-0.3, -0.25) is 9.59 Å². The Hall–Kier alpha value is -3.35. The van der Waals surface area contributed by atoms with E-state index in [4.69, 9.17) is 17.0 Å². The zero-order valence-electron chi connectivity index (χ0n) is 17.6. The smallest absolute Gasteiger partial charge is 0.256 e. The van der Waals surface area contributed by atoms with Gasteiger partial charge in [0.05, 0.1) is 32.1 Å². The van der Waals surface area contributed by atoms with Crippen molar-refractivity contribution < 1.29 is 23.1 Å². The van der Waals surface area contributed by atoms with Gasteiger partial charge >= 0.3 is 0 Å². The summed E-state index contributed by atoms with van der Waals surface area (Å²) in [5, 5.41) is 13.3. The van der Waals surface area contributed by atoms with Crippen LogP contribution in [0.3, 0.4) is 0 Å². The van der Waals surface area contributed by atoms with E-state index in [1.165, 1.54) is 37.0 Å². The van der Waals surface area contributed by atoms with E-state index in [9.17, 15) is 18.4 Å². The number of aromatic nitrogens is 3. The van der Waals surface area contributed by atoms with Gasteiger partial charge in [-0.25, -0.2) is 13.5 Å². The molecule has 1 fully saturated rings. The Morgan fingerprint density at radius 3 is 2.41 bits per heavy atom. The fraction of sp³-hybridized carbons (Fsp3) is 0.421. The average Bonchev–Trinajstić information content (AvgIpc) is 3.25. The largest absolute Gasteiger partial charge is 0.474 e. The number of thiocarbonyl (C=S) groups is 1. The number of hydrogen-bond acceptors (Lipinski definition) is 7. The van der Waals surface area contributed by atoms with E-state index in [1.54, 1.807) is 9.80 Å². The van der Waals surface area contributed by atoms with E-state index in [-0.39, 0.29) is 54.5 Å². The predicted molar refractivity (Wildman–Crippen MR) is 115 cm³/mol. The topological polar surface area (TPSA) is 105 Å². The number of hydrogen-bond donors (Lipinski definition) is 2. The van der Waals surface area contributed by atoms with Gasteiger partial charge < -0.3 is 25.2 Å². The second kappa shape index (κ2) is 10.3. The first-order valence-corrected chi connectivity index (χ1v) is 10.2. The van der Waals surface area contributed by atoms with Gasteiger partial charge in [-0.15, -0.1) is 5.10 Å². The zero-order valence-corrected chi connectivity index (χ0v) is 18.4. The van der Waals surface area contributed by atoms with Gasteiger partial charge in [0.2, 0.25) is 11.8 Å². The summed E-state index contributed by atoms with van der Waals surface area (Å²) >= 11 is 4.88. The third kappa shape index (κ3) is 5.66. The van der Waals surface area contributed by atoms with Crippen molar-refractivity contribution in [1.82, 2.24) is 30.5 Å². The summed E-state index contributed by atoms with van der Waals surface area (Å²) in [6.07, 6.45) is 1.53. The monoisotopic (exact) mass is 467 g/mol. The van der Waals surface area contributed by atoms with Crippen molar-refractivity contribution in [3.8, 4) is 5.69 Å². The number of piperazine rings is 1. The maximum atomic E-state index is 14.8. The normalized spacial score (nSPS) is 13.6. The minimum Gasteiger partial charge on any atom is -0.474 e. The molecule has 1 aliphatic heterocycles. The Morgan fingerprint density at radius 1 is 1.16 bits per heavy atom. The van der Waals surface area contributed by atoms with Crippen LogP contribution in [-0.4, -0.2) is 76.7 Å². The Balaban J connectivity index is 1.65. The second-order valence-corrected chi connectivity index (χ2v) is 7.41. The lowest BCUT2D eigenvalue weighted by Crippen LogP contribution is -2.51. The number of methoxy groups -OCH3 is 1. The Morgan fingerprint density at radius 2 is 1.81 bits per heavy atom. The van der Waals surface area contributed by atoms with Crippen LogP contribution in [0, 0.1) is 11.6 Å². The minimum atomic E-state index is -0.742. The highest BCUT2D eigenvalue weighted by Crippen LogP contribution is 2.27. The van der Waals surface area contributed by atoms with E-state index in [0.717, 1.165) is 0 Å². The van der Waals surface area contributed by atoms with Crippen LogP contribution in [0.4, 0.5) is 14.5 Å². The third-order valence-corrected chi connectivity index (χ3v) is 5.15. The molecule has 10 nitrogen and oxygen atoms in total. The second-order valence-electron chi connectivity index (χ2n) is 7.04. The number of carbonyl (C=O) groups excluding carboxylic acids is 2. The first kappa shape index (κ1) is 23.3. The van der Waals surface area contributed by atoms with Crippen LogP contribution in [0.2, 0.25) is 0 Å². The molecule has 0 bridgehead atoms. The SMILES string of the molecule is COC(=S)NCc1cn(-c2cc(F)c(N3CCN(C(=O)CNC(C)=O)CC3)c(F)c2)nn1. The first-order valence-electron chi connectivity index (χ1n) is 9.78. The lowest BCUT2D eigenvalue weighted by Gasteiger charge is -2.36. The van der Waals surface area contributed by atoms with Crippen molar-refractivity contribution in [3.05, 3.63) is 35.7 Å². The number of amides is 2. The maximum Gasteiger partial charge on any atom is 0.256 e. The molecule has 0 saturated carbocycles. The fourth-order valence-electron chi connectivity index (χ4n) is 3.22. The summed E-state index contributed by atoms with van der Waals surface area (Å²) in [5.41, 5.74) is 0.533. The average molecular weight is 468 g/mol. The van der Waals surface area contributed by atoms with Gasteiger partial charge in [0.25, 0.3) is 5.17 Å². The lowest BCUT2D eigenvalue weighted by molar-refractivity contribution is -0.132. The van der Waals surface area contributed by atoms with Crippen molar-refractivity contribution in [2.75, 3.05) is 44.7 Å². The highest BCUT2D eigenvalue weighted by atomic mass is 32.1. The Bertz CT molecular complexity index is 986. The molecule has 13 heteroatoms. The van der Waals surface area contributed by atoms with Crippen molar-refractivity contribution in [2.45, 2.75) is 13.5 Å². The fourth-order valence-corrected chi connectivity index (χ4v) is 3.29. The van der Waals surface area contributed by atoms with Crippen LogP contribution >= 0.6 is 12.2 Å². The summed E-state index contributed by atoms with van der Waals surface area (Å²) in [5.74, 6) is -2.02. The minimum absolute atomic E-state index is 0.0978. The van der Waals surface area contributed by atoms with E-state index < -0.39 is 11.6 Å². The highest BCUT2D eigenvalue weighted by Gasteiger charge is 2.25. The van der Waals surface area contributed by atoms with Gasteiger partial charge in [-0.1, -0.05) is 5.21 Å². The summed E-state index contributed by atoms with van der Waals surface area (Å²) < 4.78 is 35.8. The molecule has 1 saturated heterocycles. The van der Waals surface area contributed by atoms with Crippen LogP contribution < -0.4 is 15.5 Å². The molecule has 0 unspecified atom stereocenters. The number of carbonyl (C=O) groups is 2. The maximum absolute atomic E-state index is 14.8. The number of anilines is 1. The summed E-state index contributed by atoms with van der Waals surface area (Å²) in [6.45, 7) is 2.59. The standard InChI is InChI=1S/C19H23F2N7O3S/c1-12(29)22-10-17(30)26-3-5-27(6-4-26)18-15(20)7-14(8-16(18)21)28-11-13(24-25-28)9-23-19(32)31-2/h7-8,11H,3-6,9-10H2,1-2H3,(H,22,29)(H,23,32). The Labute approximate surface area is 188 Å². The molecule has 1 aromatic carbocycles. The number of rotatable bonds is 6. The number of benzene rings is 1. The van der Waals surface area contributed by atoms with Gasteiger partial charge in [-0.2, -0.15) is 0 Å². The molecule has 0 spiro atoms. The summed E-state index contributed by atoms with van der Waals surface area (Å²) in [4.78, 5) is 26.2. The molecule has 32 heavy (non-hydrogen) atoms. The molecule has 172 valence electrons. The lowest BCUT2D eigenvalue weighted by atomic mass is 10.2. The number of ether oxygens (including phenoxy) is 1. The van der Waals surface area contributed by atoms with Crippen molar-refractivity contribution in [3.63, 3.8) is 0 Å². The number of nitrogens with one attached hydrogen (secondary N) is 2. The van der Waals surface area contributed by atoms with Crippen LogP contribution in [-0.2, 0) is 20.9 Å². The molecule has 0 atom stereocenters. The molecule has 3 rings (SSSR count). The van der Waals surface area contributed by atoms with Crippen LogP contribution in [0.1, 0.15) is 12.6 Å². The van der Waals surface area contributed by atoms with E-state index in [0.29, 0.717) is 18.8 Å². The molecular weight excluding hydrogens is 444 g/mol. The molecule has 2 N–H and O–H groups in total. The van der Waals surface area contributed by atoms with Crippen LogP contribution in [0.15, 0.2) is 18.3 Å². The Kier molecular flexibility index (Phi) is 7.51. The summed E-state index contributed by atoms with van der Waals surface area (Å²) in [6, 6.07) is 2.36. The third-order valence-electron chi connectivity index (χ3n) is 4.84.